The van der Waals surface area contributed by atoms with Crippen LogP contribution in [0.3, 0.4) is 0 Å². The summed E-state index contributed by atoms with van der Waals surface area (Å²) in [5.41, 5.74) is 1.02. The summed E-state index contributed by atoms with van der Waals surface area (Å²) in [6.45, 7) is 0. The van der Waals surface area contributed by atoms with E-state index in [0.717, 1.165) is 12.8 Å². The van der Waals surface area contributed by atoms with Crippen LogP contribution in [0, 0.1) is 0 Å². The zero-order valence-corrected chi connectivity index (χ0v) is 13.9. The highest BCUT2D eigenvalue weighted by atomic mass is 32.1. The standard InChI is InChI=1S/C17H20N4OS/c1-22-14-7-5-11-19-15(14)20-16(23)21-17(8-2-3-9-17)13-6-4-10-18-12-13/h4-7,10-12H,2-3,8-9H2,1H3,(H2,19,20,21,23). The van der Waals surface area contributed by atoms with Crippen LogP contribution in [0.25, 0.3) is 0 Å². The van der Waals surface area contributed by atoms with Crippen molar-refractivity contribution >= 4 is 23.1 Å². The molecule has 2 aromatic rings. The van der Waals surface area contributed by atoms with Crippen molar-refractivity contribution in [3.8, 4) is 5.75 Å². The lowest BCUT2D eigenvalue weighted by molar-refractivity contribution is 0.405. The van der Waals surface area contributed by atoms with Gasteiger partial charge in [0.05, 0.1) is 12.6 Å². The first-order chi connectivity index (χ1) is 11.2. The van der Waals surface area contributed by atoms with E-state index in [-0.39, 0.29) is 5.54 Å². The SMILES string of the molecule is COc1cccnc1NC(=S)NC1(c2cccnc2)CCCC1. The number of anilines is 1. The van der Waals surface area contributed by atoms with Crippen molar-refractivity contribution in [2.45, 2.75) is 31.2 Å². The van der Waals surface area contributed by atoms with Crippen molar-refractivity contribution in [2.75, 3.05) is 12.4 Å². The molecule has 1 fully saturated rings. The van der Waals surface area contributed by atoms with Gasteiger partial charge in [-0.15, -0.1) is 0 Å². The molecule has 2 N–H and O–H groups in total. The summed E-state index contributed by atoms with van der Waals surface area (Å²) in [5, 5.41) is 7.19. The average molecular weight is 328 g/mol. The molecule has 0 amide bonds. The molecular weight excluding hydrogens is 308 g/mol. The fraction of sp³-hybridized carbons (Fsp3) is 0.353. The molecule has 0 bridgehead atoms. The fourth-order valence-electron chi connectivity index (χ4n) is 3.12. The van der Waals surface area contributed by atoms with Gasteiger partial charge in [0.15, 0.2) is 16.7 Å². The predicted octanol–water partition coefficient (Wildman–Crippen LogP) is 3.24. The van der Waals surface area contributed by atoms with Gasteiger partial charge in [-0.25, -0.2) is 4.98 Å². The Labute approximate surface area is 141 Å². The first kappa shape index (κ1) is 15.7. The smallest absolute Gasteiger partial charge is 0.174 e. The third-order valence-corrected chi connectivity index (χ3v) is 4.45. The third-order valence-electron chi connectivity index (χ3n) is 4.25. The Bertz CT molecular complexity index is 671. The van der Waals surface area contributed by atoms with Gasteiger partial charge in [0.25, 0.3) is 0 Å². The Balaban J connectivity index is 1.77. The number of nitrogens with one attached hydrogen (secondary N) is 2. The van der Waals surface area contributed by atoms with Crippen LogP contribution in [0.5, 0.6) is 5.75 Å². The van der Waals surface area contributed by atoms with Crippen LogP contribution in [0.1, 0.15) is 31.2 Å². The molecule has 5 nitrogen and oxygen atoms in total. The molecule has 2 aromatic heterocycles. The van der Waals surface area contributed by atoms with Gasteiger partial charge in [-0.1, -0.05) is 18.9 Å². The number of thiocarbonyl (C=S) groups is 1. The Morgan fingerprint density at radius 3 is 2.70 bits per heavy atom. The molecular formula is C17H20N4OS. The average Bonchev–Trinajstić information content (AvgIpc) is 3.06. The minimum Gasteiger partial charge on any atom is -0.493 e. The first-order valence-corrected chi connectivity index (χ1v) is 8.13. The molecule has 120 valence electrons. The second-order valence-electron chi connectivity index (χ2n) is 5.66. The maximum atomic E-state index is 5.51. The molecule has 2 heterocycles. The lowest BCUT2D eigenvalue weighted by atomic mass is 9.89. The molecule has 0 unspecified atom stereocenters. The number of hydrogen-bond acceptors (Lipinski definition) is 4. The van der Waals surface area contributed by atoms with Gasteiger partial charge in [0.2, 0.25) is 0 Å². The van der Waals surface area contributed by atoms with Crippen LogP contribution in [-0.2, 0) is 5.54 Å². The second kappa shape index (κ2) is 6.91. The van der Waals surface area contributed by atoms with Crippen molar-refractivity contribution in [1.82, 2.24) is 15.3 Å². The lowest BCUT2D eigenvalue weighted by Crippen LogP contribution is -2.45. The fourth-order valence-corrected chi connectivity index (χ4v) is 3.41. The summed E-state index contributed by atoms with van der Waals surface area (Å²) < 4.78 is 5.30. The first-order valence-electron chi connectivity index (χ1n) is 7.72. The molecule has 23 heavy (non-hydrogen) atoms. The number of hydrogen-bond donors (Lipinski definition) is 2. The molecule has 0 aliphatic heterocycles. The second-order valence-corrected chi connectivity index (χ2v) is 6.07. The third kappa shape index (κ3) is 3.42. The monoisotopic (exact) mass is 328 g/mol. The maximum absolute atomic E-state index is 5.51. The highest BCUT2D eigenvalue weighted by molar-refractivity contribution is 7.80. The number of aromatic nitrogens is 2. The van der Waals surface area contributed by atoms with Crippen molar-refractivity contribution in [2.24, 2.45) is 0 Å². The van der Waals surface area contributed by atoms with Gasteiger partial charge in [-0.2, -0.15) is 0 Å². The number of methoxy groups -OCH3 is 1. The van der Waals surface area contributed by atoms with Crippen LogP contribution in [-0.4, -0.2) is 22.2 Å². The Morgan fingerprint density at radius 1 is 1.22 bits per heavy atom. The Hall–Kier alpha value is -2.21. The summed E-state index contributed by atoms with van der Waals surface area (Å²) in [6, 6.07) is 7.75. The molecule has 1 saturated carbocycles. The summed E-state index contributed by atoms with van der Waals surface area (Å²) in [7, 11) is 1.62. The summed E-state index contributed by atoms with van der Waals surface area (Å²) in [4.78, 5) is 8.54. The van der Waals surface area contributed by atoms with Crippen molar-refractivity contribution < 1.29 is 4.74 Å². The van der Waals surface area contributed by atoms with Crippen LogP contribution in [0.4, 0.5) is 5.82 Å². The molecule has 0 spiro atoms. The van der Waals surface area contributed by atoms with Gasteiger partial charge in [-0.05, 0) is 48.8 Å². The van der Waals surface area contributed by atoms with Gasteiger partial charge in [-0.3, -0.25) is 4.98 Å². The van der Waals surface area contributed by atoms with E-state index in [4.69, 9.17) is 17.0 Å². The highest BCUT2D eigenvalue weighted by Crippen LogP contribution is 2.38. The molecule has 0 saturated heterocycles. The molecule has 1 aliphatic rings. The van der Waals surface area contributed by atoms with Gasteiger partial charge >= 0.3 is 0 Å². The minimum atomic E-state index is -0.152. The van der Waals surface area contributed by atoms with Crippen molar-refractivity contribution in [3.63, 3.8) is 0 Å². The van der Waals surface area contributed by atoms with E-state index in [9.17, 15) is 0 Å². The molecule has 0 aromatic carbocycles. The van der Waals surface area contributed by atoms with E-state index in [0.29, 0.717) is 16.7 Å². The molecule has 6 heteroatoms. The maximum Gasteiger partial charge on any atom is 0.174 e. The van der Waals surface area contributed by atoms with Gasteiger partial charge in [0.1, 0.15) is 0 Å². The highest BCUT2D eigenvalue weighted by Gasteiger charge is 2.36. The predicted molar refractivity (Wildman–Crippen MR) is 94.5 cm³/mol. The van der Waals surface area contributed by atoms with E-state index in [1.54, 1.807) is 19.5 Å². The van der Waals surface area contributed by atoms with E-state index in [1.165, 1.54) is 18.4 Å². The van der Waals surface area contributed by atoms with E-state index in [1.807, 2.05) is 24.4 Å². The topological polar surface area (TPSA) is 59.1 Å². The number of nitrogens with zero attached hydrogens (tertiary/aromatic N) is 2. The zero-order chi connectivity index (χ0) is 16.1. The molecule has 3 rings (SSSR count). The minimum absolute atomic E-state index is 0.152. The van der Waals surface area contributed by atoms with Crippen molar-refractivity contribution in [1.29, 1.82) is 0 Å². The van der Waals surface area contributed by atoms with Crippen LogP contribution >= 0.6 is 12.2 Å². The molecule has 1 aliphatic carbocycles. The quantitative estimate of drug-likeness (QED) is 0.840. The van der Waals surface area contributed by atoms with E-state index < -0.39 is 0 Å². The van der Waals surface area contributed by atoms with Crippen molar-refractivity contribution in [3.05, 3.63) is 48.4 Å². The van der Waals surface area contributed by atoms with Crippen LogP contribution in [0.15, 0.2) is 42.9 Å². The Morgan fingerprint density at radius 2 is 2.00 bits per heavy atom. The summed E-state index contributed by atoms with van der Waals surface area (Å²) >= 11 is 5.51. The molecule has 0 radical (unpaired) electrons. The van der Waals surface area contributed by atoms with Gasteiger partial charge < -0.3 is 15.4 Å². The van der Waals surface area contributed by atoms with E-state index in [2.05, 4.69) is 26.7 Å². The lowest BCUT2D eigenvalue weighted by Gasteiger charge is -2.32. The summed E-state index contributed by atoms with van der Waals surface area (Å²) in [5.74, 6) is 1.28. The Kier molecular flexibility index (Phi) is 4.71. The van der Waals surface area contributed by atoms with E-state index >= 15 is 0 Å². The number of pyridine rings is 2. The zero-order valence-electron chi connectivity index (χ0n) is 13.1. The summed E-state index contributed by atoms with van der Waals surface area (Å²) in [6.07, 6.45) is 9.86. The van der Waals surface area contributed by atoms with Crippen LogP contribution < -0.4 is 15.4 Å². The number of ether oxygens (including phenoxy) is 1. The number of rotatable bonds is 4. The van der Waals surface area contributed by atoms with Crippen LogP contribution in [0.2, 0.25) is 0 Å². The normalized spacial score (nSPS) is 15.9. The molecule has 0 atom stereocenters. The van der Waals surface area contributed by atoms with Gasteiger partial charge in [0, 0.05) is 18.6 Å². The largest absolute Gasteiger partial charge is 0.493 e.